The Hall–Kier alpha value is -1.09. The van der Waals surface area contributed by atoms with Crippen LogP contribution in [0.3, 0.4) is 0 Å². The van der Waals surface area contributed by atoms with Crippen molar-refractivity contribution in [2.45, 2.75) is 46.1 Å². The molecule has 3 heteroatoms. The van der Waals surface area contributed by atoms with Crippen LogP contribution in [0.4, 0.5) is 4.39 Å². The van der Waals surface area contributed by atoms with Crippen LogP contribution in [0.25, 0.3) is 0 Å². The highest BCUT2D eigenvalue weighted by Crippen LogP contribution is 2.26. The molecule has 0 heterocycles. The topological polar surface area (TPSA) is 21.3 Å². The molecular formula is C16H26FNO. The van der Waals surface area contributed by atoms with Crippen molar-refractivity contribution in [3.8, 4) is 5.75 Å². The zero-order valence-corrected chi connectivity index (χ0v) is 12.5. The quantitative estimate of drug-likeness (QED) is 0.757. The van der Waals surface area contributed by atoms with Crippen LogP contribution in [0, 0.1) is 11.7 Å². The number of benzene rings is 1. The van der Waals surface area contributed by atoms with Crippen LogP contribution < -0.4 is 10.1 Å². The highest BCUT2D eigenvalue weighted by molar-refractivity contribution is 5.32. The third kappa shape index (κ3) is 5.19. The monoisotopic (exact) mass is 267 g/mol. The molecule has 1 aromatic rings. The lowest BCUT2D eigenvalue weighted by Crippen LogP contribution is -2.22. The highest BCUT2D eigenvalue weighted by atomic mass is 19.1. The van der Waals surface area contributed by atoms with E-state index >= 15 is 0 Å². The lowest BCUT2D eigenvalue weighted by Gasteiger charge is -2.20. The summed E-state index contributed by atoms with van der Waals surface area (Å²) >= 11 is 0. The molecule has 1 atom stereocenters. The molecule has 0 spiro atoms. The van der Waals surface area contributed by atoms with Crippen LogP contribution >= 0.6 is 0 Å². The number of nitrogens with one attached hydrogen (secondary N) is 1. The van der Waals surface area contributed by atoms with E-state index in [1.807, 2.05) is 12.1 Å². The summed E-state index contributed by atoms with van der Waals surface area (Å²) in [5.74, 6) is 0.697. The van der Waals surface area contributed by atoms with Crippen LogP contribution in [0.15, 0.2) is 18.2 Å². The van der Waals surface area contributed by atoms with Crippen molar-refractivity contribution >= 4 is 0 Å². The Morgan fingerprint density at radius 2 is 2.00 bits per heavy atom. The first-order valence-electron chi connectivity index (χ1n) is 7.15. The Morgan fingerprint density at radius 3 is 2.58 bits per heavy atom. The van der Waals surface area contributed by atoms with Crippen molar-refractivity contribution in [2.24, 2.45) is 5.92 Å². The Bertz CT molecular complexity index is 379. The van der Waals surface area contributed by atoms with Crippen LogP contribution in [0.1, 0.15) is 51.6 Å². The van der Waals surface area contributed by atoms with E-state index < -0.39 is 0 Å². The molecule has 19 heavy (non-hydrogen) atoms. The van der Waals surface area contributed by atoms with E-state index in [4.69, 9.17) is 4.74 Å². The molecule has 1 aromatic carbocycles. The summed E-state index contributed by atoms with van der Waals surface area (Å²) in [4.78, 5) is 0. The second kappa shape index (κ2) is 8.16. The third-order valence-electron chi connectivity index (χ3n) is 3.25. The predicted octanol–water partition coefficient (Wildman–Crippen LogP) is 4.31. The van der Waals surface area contributed by atoms with E-state index in [1.54, 1.807) is 0 Å². The zero-order valence-electron chi connectivity index (χ0n) is 12.5. The summed E-state index contributed by atoms with van der Waals surface area (Å²) in [6.45, 7) is 7.57. The Morgan fingerprint density at radius 1 is 1.26 bits per heavy atom. The molecule has 0 aliphatic heterocycles. The fourth-order valence-electron chi connectivity index (χ4n) is 2.10. The van der Waals surface area contributed by atoms with Gasteiger partial charge in [-0.1, -0.05) is 26.8 Å². The van der Waals surface area contributed by atoms with Gasteiger partial charge in [-0.3, -0.25) is 0 Å². The molecule has 0 amide bonds. The molecule has 0 bridgehead atoms. The van der Waals surface area contributed by atoms with Crippen molar-refractivity contribution < 1.29 is 9.13 Å². The van der Waals surface area contributed by atoms with E-state index in [-0.39, 0.29) is 11.9 Å². The number of halogens is 1. The summed E-state index contributed by atoms with van der Waals surface area (Å²) in [6.07, 6.45) is 3.31. The molecule has 1 N–H and O–H groups in total. The van der Waals surface area contributed by atoms with E-state index in [9.17, 15) is 4.39 Å². The first kappa shape index (κ1) is 16.0. The van der Waals surface area contributed by atoms with Gasteiger partial charge >= 0.3 is 0 Å². The summed E-state index contributed by atoms with van der Waals surface area (Å²) < 4.78 is 18.5. The smallest absolute Gasteiger partial charge is 0.165 e. The van der Waals surface area contributed by atoms with Gasteiger partial charge in [0, 0.05) is 6.04 Å². The fourth-order valence-corrected chi connectivity index (χ4v) is 2.10. The molecule has 0 fully saturated rings. The summed E-state index contributed by atoms with van der Waals surface area (Å²) in [6, 6.07) is 5.43. The number of methoxy groups -OCH3 is 1. The van der Waals surface area contributed by atoms with E-state index in [0.29, 0.717) is 11.7 Å². The molecular weight excluding hydrogens is 241 g/mol. The lowest BCUT2D eigenvalue weighted by atomic mass is 9.97. The molecule has 2 nitrogen and oxygen atoms in total. The maximum Gasteiger partial charge on any atom is 0.165 e. The number of ether oxygens (including phenoxy) is 1. The van der Waals surface area contributed by atoms with Crippen LogP contribution in [0.5, 0.6) is 5.75 Å². The first-order chi connectivity index (χ1) is 9.08. The minimum atomic E-state index is -0.302. The van der Waals surface area contributed by atoms with Crippen molar-refractivity contribution in [2.75, 3.05) is 13.7 Å². The second-order valence-electron chi connectivity index (χ2n) is 5.37. The zero-order chi connectivity index (χ0) is 14.3. The van der Waals surface area contributed by atoms with Gasteiger partial charge in [-0.05, 0) is 49.4 Å². The fraction of sp³-hybridized carbons (Fsp3) is 0.625. The van der Waals surface area contributed by atoms with Gasteiger partial charge in [-0.2, -0.15) is 0 Å². The van der Waals surface area contributed by atoms with Gasteiger partial charge in [0.15, 0.2) is 11.6 Å². The standard InChI is InChI=1S/C16H26FNO/c1-5-10-18-15(9-6-12(2)3)13-7-8-14(17)16(11-13)19-4/h7-8,11-12,15,18H,5-6,9-10H2,1-4H3. The minimum absolute atomic E-state index is 0.275. The number of hydrogen-bond acceptors (Lipinski definition) is 2. The van der Waals surface area contributed by atoms with Gasteiger partial charge in [0.2, 0.25) is 0 Å². The van der Waals surface area contributed by atoms with Crippen molar-refractivity contribution in [1.29, 1.82) is 0 Å². The maximum absolute atomic E-state index is 13.5. The largest absolute Gasteiger partial charge is 0.494 e. The van der Waals surface area contributed by atoms with Crippen LogP contribution in [-0.4, -0.2) is 13.7 Å². The SMILES string of the molecule is CCCNC(CCC(C)C)c1ccc(F)c(OC)c1. The Balaban J connectivity index is 2.82. The maximum atomic E-state index is 13.5. The molecule has 0 saturated heterocycles. The molecule has 1 rings (SSSR count). The summed E-state index contributed by atoms with van der Waals surface area (Å²) in [5, 5.41) is 3.53. The third-order valence-corrected chi connectivity index (χ3v) is 3.25. The molecule has 108 valence electrons. The summed E-state index contributed by atoms with van der Waals surface area (Å²) in [7, 11) is 1.50. The molecule has 0 saturated carbocycles. The molecule has 0 aliphatic carbocycles. The number of rotatable bonds is 8. The van der Waals surface area contributed by atoms with Crippen LogP contribution in [0.2, 0.25) is 0 Å². The molecule has 0 aromatic heterocycles. The van der Waals surface area contributed by atoms with Gasteiger partial charge in [-0.15, -0.1) is 0 Å². The van der Waals surface area contributed by atoms with Crippen molar-refractivity contribution in [1.82, 2.24) is 5.32 Å². The highest BCUT2D eigenvalue weighted by Gasteiger charge is 2.14. The number of hydrogen-bond donors (Lipinski definition) is 1. The van der Waals surface area contributed by atoms with Gasteiger partial charge in [0.05, 0.1) is 7.11 Å². The molecule has 0 radical (unpaired) electrons. The lowest BCUT2D eigenvalue weighted by molar-refractivity contribution is 0.383. The first-order valence-corrected chi connectivity index (χ1v) is 7.15. The van der Waals surface area contributed by atoms with Gasteiger partial charge in [0.25, 0.3) is 0 Å². The Kier molecular flexibility index (Phi) is 6.85. The van der Waals surface area contributed by atoms with Crippen molar-refractivity contribution in [3.63, 3.8) is 0 Å². The van der Waals surface area contributed by atoms with Gasteiger partial charge in [-0.25, -0.2) is 4.39 Å². The second-order valence-corrected chi connectivity index (χ2v) is 5.37. The normalized spacial score (nSPS) is 12.7. The van der Waals surface area contributed by atoms with E-state index in [2.05, 4.69) is 26.1 Å². The van der Waals surface area contributed by atoms with Gasteiger partial charge < -0.3 is 10.1 Å². The van der Waals surface area contributed by atoms with E-state index in [0.717, 1.165) is 31.4 Å². The molecule has 0 aliphatic rings. The average molecular weight is 267 g/mol. The molecule has 1 unspecified atom stereocenters. The average Bonchev–Trinajstić information content (AvgIpc) is 2.39. The van der Waals surface area contributed by atoms with Gasteiger partial charge in [0.1, 0.15) is 0 Å². The summed E-state index contributed by atoms with van der Waals surface area (Å²) in [5.41, 5.74) is 1.10. The predicted molar refractivity (Wildman–Crippen MR) is 78.1 cm³/mol. The van der Waals surface area contributed by atoms with Crippen LogP contribution in [-0.2, 0) is 0 Å². The van der Waals surface area contributed by atoms with Crippen molar-refractivity contribution in [3.05, 3.63) is 29.6 Å². The minimum Gasteiger partial charge on any atom is -0.494 e. The Labute approximate surface area is 116 Å². The van der Waals surface area contributed by atoms with E-state index in [1.165, 1.54) is 13.2 Å².